The number of nitrogens with zero attached hydrogens (tertiary/aromatic N) is 1. The van der Waals surface area contributed by atoms with Crippen LogP contribution in [0.1, 0.15) is 24.2 Å². The third kappa shape index (κ3) is 3.84. The van der Waals surface area contributed by atoms with Gasteiger partial charge in [0.25, 0.3) is 5.91 Å². The summed E-state index contributed by atoms with van der Waals surface area (Å²) in [7, 11) is 0. The van der Waals surface area contributed by atoms with E-state index in [1.165, 1.54) is 4.90 Å². The molecule has 18 heavy (non-hydrogen) atoms. The minimum absolute atomic E-state index is 0.188. The lowest BCUT2D eigenvalue weighted by Gasteiger charge is -2.25. The molecule has 0 fully saturated rings. The number of benzene rings is 1. The van der Waals surface area contributed by atoms with Crippen molar-refractivity contribution < 1.29 is 14.7 Å². The topological polar surface area (TPSA) is 57.6 Å². The van der Waals surface area contributed by atoms with Gasteiger partial charge in [-0.15, -0.1) is 0 Å². The summed E-state index contributed by atoms with van der Waals surface area (Å²) >= 11 is 8.02. The molecule has 1 amide bonds. The maximum Gasteiger partial charge on any atom is 0.323 e. The Morgan fingerprint density at radius 3 is 2.50 bits per heavy atom. The molecule has 98 valence electrons. The Morgan fingerprint density at radius 1 is 1.44 bits per heavy atom. The summed E-state index contributed by atoms with van der Waals surface area (Å²) in [5, 5.41) is 9.29. The highest BCUT2D eigenvalue weighted by atomic mass is 127. The highest BCUT2D eigenvalue weighted by Gasteiger charge is 2.21. The van der Waals surface area contributed by atoms with Crippen molar-refractivity contribution in [3.05, 3.63) is 32.4 Å². The van der Waals surface area contributed by atoms with Gasteiger partial charge in [0, 0.05) is 15.2 Å². The number of hydrogen-bond donors (Lipinski definition) is 1. The fraction of sp³-hybridized carbons (Fsp3) is 0.333. The summed E-state index contributed by atoms with van der Waals surface area (Å²) < 4.78 is 0.847. The first kappa shape index (κ1) is 15.2. The van der Waals surface area contributed by atoms with Crippen molar-refractivity contribution in [1.82, 2.24) is 4.90 Å². The second-order valence-electron chi connectivity index (χ2n) is 4.05. The fourth-order valence-corrected chi connectivity index (χ4v) is 1.95. The molecular weight excluding hydrogens is 368 g/mol. The van der Waals surface area contributed by atoms with Crippen molar-refractivity contribution in [3.63, 3.8) is 0 Å². The van der Waals surface area contributed by atoms with Crippen molar-refractivity contribution in [3.8, 4) is 0 Å². The third-order valence-corrected chi connectivity index (χ3v) is 3.93. The Labute approximate surface area is 124 Å². The largest absolute Gasteiger partial charge is 0.480 e. The van der Waals surface area contributed by atoms with Crippen LogP contribution in [0.5, 0.6) is 0 Å². The van der Waals surface area contributed by atoms with Gasteiger partial charge in [-0.25, -0.2) is 0 Å². The average molecular weight is 382 g/mol. The van der Waals surface area contributed by atoms with E-state index in [4.69, 9.17) is 16.7 Å². The fourth-order valence-electron chi connectivity index (χ4n) is 1.43. The monoisotopic (exact) mass is 381 g/mol. The van der Waals surface area contributed by atoms with Crippen LogP contribution in [-0.4, -0.2) is 34.5 Å². The molecular formula is C12H13ClINO3. The van der Waals surface area contributed by atoms with Crippen LogP contribution in [0.2, 0.25) is 5.02 Å². The summed E-state index contributed by atoms with van der Waals surface area (Å²) in [6, 6.07) is 4.75. The third-order valence-electron chi connectivity index (χ3n) is 2.36. The maximum absolute atomic E-state index is 12.2. The van der Waals surface area contributed by atoms with Gasteiger partial charge in [0.05, 0.1) is 5.02 Å². The molecule has 1 aromatic rings. The molecule has 1 rings (SSSR count). The van der Waals surface area contributed by atoms with Gasteiger partial charge in [-0.05, 0) is 54.6 Å². The number of carboxylic acids is 1. The van der Waals surface area contributed by atoms with Crippen molar-refractivity contribution in [2.75, 3.05) is 6.54 Å². The predicted octanol–water partition coefficient (Wildman–Crippen LogP) is 2.88. The van der Waals surface area contributed by atoms with E-state index in [2.05, 4.69) is 22.6 Å². The number of amides is 1. The molecule has 0 unspecified atom stereocenters. The Hall–Kier alpha value is -0.820. The zero-order valence-corrected chi connectivity index (χ0v) is 12.9. The predicted molar refractivity (Wildman–Crippen MR) is 78.0 cm³/mol. The minimum atomic E-state index is -1.03. The van der Waals surface area contributed by atoms with E-state index in [0.717, 1.165) is 3.57 Å². The van der Waals surface area contributed by atoms with Crippen LogP contribution in [0.25, 0.3) is 0 Å². The Kier molecular flexibility index (Phi) is 5.40. The molecule has 0 aliphatic rings. The standard InChI is InChI=1S/C12H13ClINO3/c1-7(2)15(6-11(16)17)12(18)8-3-4-10(14)9(13)5-8/h3-5,7H,6H2,1-2H3,(H,16,17). The highest BCUT2D eigenvalue weighted by molar-refractivity contribution is 14.1. The van der Waals surface area contributed by atoms with Crippen molar-refractivity contribution >= 4 is 46.1 Å². The van der Waals surface area contributed by atoms with Crippen LogP contribution in [0.3, 0.4) is 0 Å². The number of carbonyl (C=O) groups excluding carboxylic acids is 1. The Morgan fingerprint density at radius 2 is 2.06 bits per heavy atom. The van der Waals surface area contributed by atoms with Gasteiger partial charge in [0.2, 0.25) is 0 Å². The van der Waals surface area contributed by atoms with Gasteiger partial charge in [0.1, 0.15) is 6.54 Å². The van der Waals surface area contributed by atoms with Crippen molar-refractivity contribution in [2.45, 2.75) is 19.9 Å². The smallest absolute Gasteiger partial charge is 0.323 e. The summed E-state index contributed by atoms with van der Waals surface area (Å²) in [6.07, 6.45) is 0. The molecule has 1 aromatic carbocycles. The number of aliphatic carboxylic acids is 1. The number of carbonyl (C=O) groups is 2. The van der Waals surface area contributed by atoms with Gasteiger partial charge in [-0.3, -0.25) is 9.59 Å². The van der Waals surface area contributed by atoms with Gasteiger partial charge < -0.3 is 10.0 Å². The van der Waals surface area contributed by atoms with Crippen molar-refractivity contribution in [1.29, 1.82) is 0 Å². The zero-order valence-electron chi connectivity index (χ0n) is 9.98. The quantitative estimate of drug-likeness (QED) is 0.816. The van der Waals surface area contributed by atoms with E-state index in [-0.39, 0.29) is 18.5 Å². The van der Waals surface area contributed by atoms with Crippen LogP contribution in [0.15, 0.2) is 18.2 Å². The molecule has 0 saturated carbocycles. The molecule has 0 atom stereocenters. The van der Waals surface area contributed by atoms with Crippen LogP contribution in [0.4, 0.5) is 0 Å². The molecule has 4 nitrogen and oxygen atoms in total. The highest BCUT2D eigenvalue weighted by Crippen LogP contribution is 2.20. The first-order chi connectivity index (χ1) is 8.32. The molecule has 0 aliphatic carbocycles. The lowest BCUT2D eigenvalue weighted by Crippen LogP contribution is -2.40. The molecule has 0 radical (unpaired) electrons. The Balaban J connectivity index is 3.02. The molecule has 0 saturated heterocycles. The van der Waals surface area contributed by atoms with Crippen LogP contribution in [0, 0.1) is 3.57 Å². The average Bonchev–Trinajstić information content (AvgIpc) is 2.28. The second kappa shape index (κ2) is 6.38. The molecule has 0 spiro atoms. The van der Waals surface area contributed by atoms with E-state index in [1.54, 1.807) is 32.0 Å². The zero-order chi connectivity index (χ0) is 13.9. The lowest BCUT2D eigenvalue weighted by molar-refractivity contribution is -0.138. The molecule has 6 heteroatoms. The maximum atomic E-state index is 12.2. The van der Waals surface area contributed by atoms with E-state index in [1.807, 2.05) is 0 Å². The normalized spacial score (nSPS) is 10.5. The minimum Gasteiger partial charge on any atom is -0.480 e. The van der Waals surface area contributed by atoms with Crippen molar-refractivity contribution in [2.24, 2.45) is 0 Å². The molecule has 0 heterocycles. The van der Waals surface area contributed by atoms with Gasteiger partial charge in [-0.1, -0.05) is 11.6 Å². The van der Waals surface area contributed by atoms with Crippen LogP contribution >= 0.6 is 34.2 Å². The van der Waals surface area contributed by atoms with E-state index in [9.17, 15) is 9.59 Å². The SMILES string of the molecule is CC(C)N(CC(=O)O)C(=O)c1ccc(I)c(Cl)c1. The molecule has 0 bridgehead atoms. The first-order valence-electron chi connectivity index (χ1n) is 5.30. The lowest BCUT2D eigenvalue weighted by atomic mass is 10.1. The first-order valence-corrected chi connectivity index (χ1v) is 6.76. The number of rotatable bonds is 4. The second-order valence-corrected chi connectivity index (χ2v) is 5.62. The van der Waals surface area contributed by atoms with Crippen LogP contribution in [-0.2, 0) is 4.79 Å². The molecule has 0 aromatic heterocycles. The molecule has 1 N–H and O–H groups in total. The van der Waals surface area contributed by atoms with E-state index < -0.39 is 5.97 Å². The van der Waals surface area contributed by atoms with E-state index >= 15 is 0 Å². The Bertz CT molecular complexity index is 476. The number of carboxylic acid groups (broad SMARTS) is 1. The summed E-state index contributed by atoms with van der Waals surface area (Å²) in [4.78, 5) is 24.2. The van der Waals surface area contributed by atoms with Crippen LogP contribution < -0.4 is 0 Å². The van der Waals surface area contributed by atoms with Gasteiger partial charge in [-0.2, -0.15) is 0 Å². The summed E-state index contributed by atoms with van der Waals surface area (Å²) in [5.41, 5.74) is 0.398. The molecule has 0 aliphatic heterocycles. The summed E-state index contributed by atoms with van der Waals surface area (Å²) in [6.45, 7) is 3.23. The van der Waals surface area contributed by atoms with Gasteiger partial charge in [0.15, 0.2) is 0 Å². The number of halogens is 2. The number of hydrogen-bond acceptors (Lipinski definition) is 2. The van der Waals surface area contributed by atoms with E-state index in [0.29, 0.717) is 10.6 Å². The van der Waals surface area contributed by atoms with Gasteiger partial charge >= 0.3 is 5.97 Å². The summed E-state index contributed by atoms with van der Waals surface area (Å²) in [5.74, 6) is -1.36.